The average Bonchev–Trinajstić information content (AvgIpc) is 2.80. The number of pyridine rings is 1. The smallest absolute Gasteiger partial charge is 0.132 e. The number of benzene rings is 1. The summed E-state index contributed by atoms with van der Waals surface area (Å²) in [7, 11) is 1.88. The van der Waals surface area contributed by atoms with Crippen LogP contribution in [0.3, 0.4) is 0 Å². The van der Waals surface area contributed by atoms with Crippen molar-refractivity contribution in [2.45, 2.75) is 74.1 Å². The van der Waals surface area contributed by atoms with E-state index in [4.69, 9.17) is 9.97 Å². The zero-order valence-electron chi connectivity index (χ0n) is 20.4. The molecule has 1 N–H and O–H groups in total. The lowest BCUT2D eigenvalue weighted by atomic mass is 9.97. The first-order chi connectivity index (χ1) is 14.5. The maximum Gasteiger partial charge on any atom is 0.132 e. The fourth-order valence-electron chi connectivity index (χ4n) is 3.44. The topological polar surface area (TPSA) is 50.7 Å². The molecular weight excluding hydrogens is 368 g/mol. The van der Waals surface area contributed by atoms with Gasteiger partial charge in [0.05, 0.1) is 11.2 Å². The molecule has 0 saturated carbocycles. The number of rotatable bonds is 6. The van der Waals surface area contributed by atoms with E-state index < -0.39 is 0 Å². The minimum Gasteiger partial charge on any atom is -0.373 e. The fraction of sp³-hybridized carbons (Fsp3) is 0.500. The average molecular weight is 409 g/mol. The predicted molar refractivity (Wildman–Crippen MR) is 132 cm³/mol. The van der Waals surface area contributed by atoms with Crippen molar-refractivity contribution >= 4 is 16.7 Å². The molecule has 3 rings (SSSR count). The van der Waals surface area contributed by atoms with Crippen LogP contribution < -0.4 is 5.32 Å². The molecule has 0 saturated heterocycles. The third-order valence-electron chi connectivity index (χ3n) is 4.74. The fourth-order valence-corrected chi connectivity index (χ4v) is 3.44. The Labute approximate surface area is 183 Å². The summed E-state index contributed by atoms with van der Waals surface area (Å²) in [5, 5.41) is 4.24. The lowest BCUT2D eigenvalue weighted by molar-refractivity contribution is 0.507. The van der Waals surface area contributed by atoms with Crippen molar-refractivity contribution in [3.8, 4) is 11.1 Å². The van der Waals surface area contributed by atoms with E-state index in [9.17, 15) is 0 Å². The van der Waals surface area contributed by atoms with Crippen LogP contribution in [0.2, 0.25) is 0 Å². The van der Waals surface area contributed by atoms with E-state index >= 15 is 0 Å². The second-order valence-electron chi connectivity index (χ2n) is 7.32. The van der Waals surface area contributed by atoms with Crippen molar-refractivity contribution in [3.63, 3.8) is 0 Å². The molecular formula is C26H40N4. The lowest BCUT2D eigenvalue weighted by Crippen LogP contribution is -2.07. The highest BCUT2D eigenvalue weighted by Gasteiger charge is 2.15. The zero-order chi connectivity index (χ0) is 22.7. The van der Waals surface area contributed by atoms with Crippen molar-refractivity contribution in [2.75, 3.05) is 12.4 Å². The van der Waals surface area contributed by atoms with E-state index in [0.29, 0.717) is 11.8 Å². The number of hydrogen-bond acceptors (Lipinski definition) is 4. The van der Waals surface area contributed by atoms with E-state index in [1.165, 1.54) is 0 Å². The molecule has 30 heavy (non-hydrogen) atoms. The number of nitrogens with one attached hydrogen (secondary N) is 1. The Morgan fingerprint density at radius 1 is 0.900 bits per heavy atom. The summed E-state index contributed by atoms with van der Waals surface area (Å²) in [5.74, 6) is 2.86. The first kappa shape index (κ1) is 25.5. The molecule has 1 aromatic carbocycles. The monoisotopic (exact) mass is 408 g/mol. The van der Waals surface area contributed by atoms with Gasteiger partial charge in [-0.1, -0.05) is 61.5 Å². The van der Waals surface area contributed by atoms with Crippen molar-refractivity contribution in [2.24, 2.45) is 5.92 Å². The number of aromatic nitrogens is 3. The summed E-state index contributed by atoms with van der Waals surface area (Å²) in [5.41, 5.74) is 4.47. The Morgan fingerprint density at radius 2 is 1.57 bits per heavy atom. The largest absolute Gasteiger partial charge is 0.373 e. The number of aryl methyl sites for hydroxylation is 1. The Bertz CT molecular complexity index is 903. The molecule has 0 amide bonds. The van der Waals surface area contributed by atoms with Crippen molar-refractivity contribution in [1.29, 1.82) is 0 Å². The number of nitrogens with zero attached hydrogens (tertiary/aromatic N) is 3. The van der Waals surface area contributed by atoms with Crippen molar-refractivity contribution < 1.29 is 0 Å². The summed E-state index contributed by atoms with van der Waals surface area (Å²) in [6.07, 6.45) is 3.85. The molecule has 1 atom stereocenters. The molecule has 2 aromatic heterocycles. The highest BCUT2D eigenvalue weighted by molar-refractivity contribution is 5.86. The molecule has 1 unspecified atom stereocenters. The Balaban J connectivity index is 0.00000106. The van der Waals surface area contributed by atoms with Gasteiger partial charge in [0.1, 0.15) is 11.6 Å². The van der Waals surface area contributed by atoms with Gasteiger partial charge in [0.25, 0.3) is 0 Å². The third-order valence-corrected chi connectivity index (χ3v) is 4.74. The molecule has 0 aliphatic carbocycles. The summed E-state index contributed by atoms with van der Waals surface area (Å²) in [6, 6.07) is 10.6. The number of fused-ring (bicyclic) bond motifs is 1. The van der Waals surface area contributed by atoms with Gasteiger partial charge in [0.2, 0.25) is 0 Å². The Kier molecular flexibility index (Phi) is 11.0. The van der Waals surface area contributed by atoms with Crippen molar-refractivity contribution in [1.82, 2.24) is 15.0 Å². The third kappa shape index (κ3) is 6.51. The summed E-state index contributed by atoms with van der Waals surface area (Å²) in [6.45, 7) is 16.9. The van der Waals surface area contributed by atoms with Gasteiger partial charge in [-0.25, -0.2) is 15.0 Å². The van der Waals surface area contributed by atoms with Gasteiger partial charge >= 0.3 is 0 Å². The molecule has 0 radical (unpaired) electrons. The normalized spacial score (nSPS) is 11.3. The van der Waals surface area contributed by atoms with Crippen LogP contribution in [0.4, 0.5) is 5.82 Å². The zero-order valence-corrected chi connectivity index (χ0v) is 20.4. The van der Waals surface area contributed by atoms with Crippen LogP contribution in [0.5, 0.6) is 0 Å². The molecule has 4 heteroatoms. The van der Waals surface area contributed by atoms with Gasteiger partial charge in [-0.15, -0.1) is 0 Å². The predicted octanol–water partition coefficient (Wildman–Crippen LogP) is 7.50. The van der Waals surface area contributed by atoms with Crippen LogP contribution in [0.25, 0.3) is 22.0 Å². The highest BCUT2D eigenvalue weighted by atomic mass is 14.9. The van der Waals surface area contributed by atoms with Gasteiger partial charge in [0, 0.05) is 24.5 Å². The van der Waals surface area contributed by atoms with E-state index in [1.807, 2.05) is 47.0 Å². The van der Waals surface area contributed by atoms with Crippen LogP contribution in [0, 0.1) is 5.92 Å². The summed E-state index contributed by atoms with van der Waals surface area (Å²) >= 11 is 0. The maximum atomic E-state index is 4.91. The molecule has 164 valence electrons. The first-order valence-electron chi connectivity index (χ1n) is 11.5. The molecule has 0 spiro atoms. The number of anilines is 1. The second-order valence-corrected chi connectivity index (χ2v) is 7.32. The Hall–Kier alpha value is -2.49. The summed E-state index contributed by atoms with van der Waals surface area (Å²) < 4.78 is 0. The molecule has 0 aliphatic rings. The minimum absolute atomic E-state index is 0.378. The van der Waals surface area contributed by atoms with E-state index in [1.54, 1.807) is 0 Å². The summed E-state index contributed by atoms with van der Waals surface area (Å²) in [4.78, 5) is 14.1. The van der Waals surface area contributed by atoms with Gasteiger partial charge in [-0.3, -0.25) is 0 Å². The highest BCUT2D eigenvalue weighted by Crippen LogP contribution is 2.28. The van der Waals surface area contributed by atoms with Crippen LogP contribution in [0.1, 0.15) is 79.2 Å². The molecule has 0 aliphatic heterocycles. The van der Waals surface area contributed by atoms with Crippen LogP contribution in [-0.4, -0.2) is 22.0 Å². The molecule has 2 heterocycles. The minimum atomic E-state index is 0.378. The van der Waals surface area contributed by atoms with E-state index in [-0.39, 0.29) is 0 Å². The molecule has 3 aromatic rings. The van der Waals surface area contributed by atoms with E-state index in [2.05, 4.69) is 62.3 Å². The van der Waals surface area contributed by atoms with Crippen LogP contribution in [0.15, 0.2) is 36.5 Å². The van der Waals surface area contributed by atoms with Gasteiger partial charge in [-0.2, -0.15) is 0 Å². The van der Waals surface area contributed by atoms with Gasteiger partial charge in [-0.05, 0) is 54.2 Å². The first-order valence-corrected chi connectivity index (χ1v) is 11.5. The number of hydrogen-bond donors (Lipinski definition) is 1. The standard InChI is InChI=1S/C22H28N4.2C2H6/c1-6-19-18-12-16(17-9-10-24-21(13-17)23-5)7-8-20(18)26-22(25-19)15(4)11-14(2)3;2*1-2/h7-10,12-15H,6,11H2,1-5H3,(H,23,24);2*1-2H3. The van der Waals surface area contributed by atoms with Crippen LogP contribution >= 0.6 is 0 Å². The Morgan fingerprint density at radius 3 is 2.17 bits per heavy atom. The molecule has 0 bridgehead atoms. The van der Waals surface area contributed by atoms with Gasteiger partial charge < -0.3 is 5.32 Å². The lowest BCUT2D eigenvalue weighted by Gasteiger charge is -2.15. The van der Waals surface area contributed by atoms with Gasteiger partial charge in [0.15, 0.2) is 0 Å². The van der Waals surface area contributed by atoms with Crippen molar-refractivity contribution in [3.05, 3.63) is 48.0 Å². The van der Waals surface area contributed by atoms with Crippen LogP contribution in [-0.2, 0) is 6.42 Å². The molecule has 0 fully saturated rings. The SMILES string of the molecule is CC.CC.CCc1nc(C(C)CC(C)C)nc2ccc(-c3ccnc(NC)c3)cc12. The maximum absolute atomic E-state index is 4.91. The van der Waals surface area contributed by atoms with E-state index in [0.717, 1.165) is 52.2 Å². The molecule has 4 nitrogen and oxygen atoms in total. The quantitative estimate of drug-likeness (QED) is 0.459. The second kappa shape index (κ2) is 12.9.